The van der Waals surface area contributed by atoms with Crippen molar-refractivity contribution < 1.29 is 22.8 Å². The molecule has 1 aliphatic heterocycles. The van der Waals surface area contributed by atoms with Gasteiger partial charge in [0.25, 0.3) is 5.91 Å². The van der Waals surface area contributed by atoms with Gasteiger partial charge in [-0.3, -0.25) is 14.6 Å². The maximum absolute atomic E-state index is 12.5. The molecule has 1 fully saturated rings. The molecule has 0 radical (unpaired) electrons. The molecule has 8 heteroatoms. The van der Waals surface area contributed by atoms with Crippen molar-refractivity contribution in [3.8, 4) is 0 Å². The fourth-order valence-electron chi connectivity index (χ4n) is 2.61. The third-order valence-corrected chi connectivity index (χ3v) is 3.83. The number of halogens is 3. The zero-order chi connectivity index (χ0) is 18.0. The number of nitrogens with zero attached hydrogens (tertiary/aromatic N) is 2. The Labute approximate surface area is 141 Å². The predicted molar refractivity (Wildman–Crippen MR) is 85.2 cm³/mol. The van der Waals surface area contributed by atoms with E-state index in [0.29, 0.717) is 24.3 Å². The largest absolute Gasteiger partial charge is 0.433 e. The summed E-state index contributed by atoms with van der Waals surface area (Å²) in [5, 5.41) is 2.63. The monoisotopic (exact) mass is 349 g/mol. The average molecular weight is 349 g/mol. The molecule has 0 saturated carbocycles. The Bertz CT molecular complexity index is 804. The fourth-order valence-corrected chi connectivity index (χ4v) is 2.61. The lowest BCUT2D eigenvalue weighted by Gasteiger charge is -2.20. The summed E-state index contributed by atoms with van der Waals surface area (Å²) < 4.78 is 37.6. The number of rotatable bonds is 3. The molecule has 0 aliphatic carbocycles. The van der Waals surface area contributed by atoms with Crippen LogP contribution in [0.1, 0.15) is 28.9 Å². The summed E-state index contributed by atoms with van der Waals surface area (Å²) in [6.45, 7) is 0.563. The first kappa shape index (κ1) is 16.9. The summed E-state index contributed by atoms with van der Waals surface area (Å²) in [7, 11) is 0. The van der Waals surface area contributed by atoms with E-state index < -0.39 is 17.8 Å². The molecule has 1 aromatic heterocycles. The van der Waals surface area contributed by atoms with Gasteiger partial charge in [0.1, 0.15) is 5.69 Å². The van der Waals surface area contributed by atoms with Gasteiger partial charge in [-0.15, -0.1) is 0 Å². The molecule has 2 amide bonds. The van der Waals surface area contributed by atoms with Crippen molar-refractivity contribution >= 4 is 23.2 Å². The van der Waals surface area contributed by atoms with Gasteiger partial charge in [0.05, 0.1) is 16.9 Å². The van der Waals surface area contributed by atoms with Crippen LogP contribution in [0.3, 0.4) is 0 Å². The van der Waals surface area contributed by atoms with Gasteiger partial charge in [0.15, 0.2) is 0 Å². The van der Waals surface area contributed by atoms with Crippen LogP contribution in [0.5, 0.6) is 0 Å². The Balaban J connectivity index is 1.81. The standard InChI is InChI=1S/C17H14F3N3O2/c18-17(19,20)14-8-7-11(10-21-14)16(25)22-12-4-1-2-5-13(12)23-9-3-6-15(23)24/h1-2,4-5,7-8,10H,3,6,9H2,(H,22,25). The highest BCUT2D eigenvalue weighted by molar-refractivity contribution is 6.07. The quantitative estimate of drug-likeness (QED) is 0.923. The first-order valence-corrected chi connectivity index (χ1v) is 7.60. The van der Waals surface area contributed by atoms with Crippen LogP contribution >= 0.6 is 0 Å². The Morgan fingerprint density at radius 3 is 2.52 bits per heavy atom. The number of amides is 2. The number of aromatic nitrogens is 1. The van der Waals surface area contributed by atoms with Gasteiger partial charge in [-0.05, 0) is 30.7 Å². The number of carbonyl (C=O) groups is 2. The summed E-state index contributed by atoms with van der Waals surface area (Å²) in [6.07, 6.45) is -2.49. The van der Waals surface area contributed by atoms with Crippen LogP contribution in [0, 0.1) is 0 Å². The van der Waals surface area contributed by atoms with E-state index >= 15 is 0 Å². The van der Waals surface area contributed by atoms with Crippen molar-refractivity contribution in [3.05, 3.63) is 53.9 Å². The Morgan fingerprint density at radius 1 is 1.16 bits per heavy atom. The summed E-state index contributed by atoms with van der Waals surface area (Å²) >= 11 is 0. The first-order chi connectivity index (χ1) is 11.9. The third-order valence-electron chi connectivity index (χ3n) is 3.83. The molecule has 1 aromatic carbocycles. The van der Waals surface area contributed by atoms with E-state index in [1.54, 1.807) is 29.2 Å². The second kappa shape index (κ2) is 6.54. The van der Waals surface area contributed by atoms with Gasteiger partial charge in [-0.25, -0.2) is 0 Å². The summed E-state index contributed by atoms with van der Waals surface area (Å²) in [5.74, 6) is -0.627. The molecule has 25 heavy (non-hydrogen) atoms. The lowest BCUT2D eigenvalue weighted by atomic mass is 10.2. The van der Waals surface area contributed by atoms with Gasteiger partial charge in [-0.2, -0.15) is 13.2 Å². The van der Waals surface area contributed by atoms with E-state index in [2.05, 4.69) is 10.3 Å². The molecule has 3 rings (SSSR count). The summed E-state index contributed by atoms with van der Waals surface area (Å²) in [4.78, 5) is 29.1. The Morgan fingerprint density at radius 2 is 1.92 bits per heavy atom. The first-order valence-electron chi connectivity index (χ1n) is 7.60. The highest BCUT2D eigenvalue weighted by Gasteiger charge is 2.32. The molecule has 2 aromatic rings. The van der Waals surface area contributed by atoms with Crippen LogP contribution in [-0.2, 0) is 11.0 Å². The molecule has 5 nitrogen and oxygen atoms in total. The number of hydrogen-bond acceptors (Lipinski definition) is 3. The predicted octanol–water partition coefficient (Wildman–Crippen LogP) is 3.48. The van der Waals surface area contributed by atoms with Gasteiger partial charge in [-0.1, -0.05) is 12.1 Å². The minimum Gasteiger partial charge on any atom is -0.320 e. The van der Waals surface area contributed by atoms with Crippen molar-refractivity contribution in [2.75, 3.05) is 16.8 Å². The smallest absolute Gasteiger partial charge is 0.320 e. The molecule has 130 valence electrons. The number of benzene rings is 1. The molecular weight excluding hydrogens is 335 g/mol. The normalized spacial score (nSPS) is 14.7. The zero-order valence-electron chi connectivity index (χ0n) is 13.0. The molecule has 2 heterocycles. The van der Waals surface area contributed by atoms with Crippen LogP contribution in [0.2, 0.25) is 0 Å². The van der Waals surface area contributed by atoms with Gasteiger partial charge in [0, 0.05) is 19.2 Å². The Kier molecular flexibility index (Phi) is 4.43. The lowest BCUT2D eigenvalue weighted by molar-refractivity contribution is -0.141. The van der Waals surface area contributed by atoms with Crippen molar-refractivity contribution in [1.29, 1.82) is 0 Å². The van der Waals surface area contributed by atoms with Crippen molar-refractivity contribution in [2.45, 2.75) is 19.0 Å². The minimum absolute atomic E-state index is 0.00412. The van der Waals surface area contributed by atoms with Crippen molar-refractivity contribution in [3.63, 3.8) is 0 Å². The fraction of sp³-hybridized carbons (Fsp3) is 0.235. The SMILES string of the molecule is O=C(Nc1ccccc1N1CCCC1=O)c1ccc(C(F)(F)F)nc1. The third kappa shape index (κ3) is 3.62. The second-order valence-electron chi connectivity index (χ2n) is 5.55. The van der Waals surface area contributed by atoms with Gasteiger partial charge in [0.2, 0.25) is 5.91 Å². The van der Waals surface area contributed by atoms with Crippen LogP contribution in [0.4, 0.5) is 24.5 Å². The topological polar surface area (TPSA) is 62.3 Å². The number of alkyl halides is 3. The molecule has 0 spiro atoms. The second-order valence-corrected chi connectivity index (χ2v) is 5.55. The number of hydrogen-bond donors (Lipinski definition) is 1. The molecule has 1 N–H and O–H groups in total. The van der Waals surface area contributed by atoms with E-state index in [-0.39, 0.29) is 11.5 Å². The van der Waals surface area contributed by atoms with E-state index in [1.165, 1.54) is 0 Å². The van der Waals surface area contributed by atoms with Gasteiger partial charge >= 0.3 is 6.18 Å². The van der Waals surface area contributed by atoms with E-state index in [0.717, 1.165) is 24.8 Å². The molecular formula is C17H14F3N3O2. The van der Waals surface area contributed by atoms with E-state index in [4.69, 9.17) is 0 Å². The zero-order valence-corrected chi connectivity index (χ0v) is 13.0. The number of anilines is 2. The van der Waals surface area contributed by atoms with Crippen LogP contribution in [-0.4, -0.2) is 23.3 Å². The van der Waals surface area contributed by atoms with E-state index in [1.807, 2.05) is 0 Å². The summed E-state index contributed by atoms with van der Waals surface area (Å²) in [6, 6.07) is 8.61. The number of carbonyl (C=O) groups excluding carboxylic acids is 2. The highest BCUT2D eigenvalue weighted by atomic mass is 19.4. The Hall–Kier alpha value is -2.90. The molecule has 1 saturated heterocycles. The van der Waals surface area contributed by atoms with Crippen molar-refractivity contribution in [1.82, 2.24) is 4.98 Å². The molecule has 1 aliphatic rings. The minimum atomic E-state index is -4.56. The van der Waals surface area contributed by atoms with Crippen LogP contribution < -0.4 is 10.2 Å². The number of pyridine rings is 1. The maximum Gasteiger partial charge on any atom is 0.433 e. The number of nitrogens with one attached hydrogen (secondary N) is 1. The van der Waals surface area contributed by atoms with Gasteiger partial charge < -0.3 is 10.2 Å². The average Bonchev–Trinajstić information content (AvgIpc) is 3.00. The van der Waals surface area contributed by atoms with E-state index in [9.17, 15) is 22.8 Å². The summed E-state index contributed by atoms with van der Waals surface area (Å²) in [5.41, 5.74) is -0.0801. The van der Waals surface area contributed by atoms with Crippen molar-refractivity contribution in [2.24, 2.45) is 0 Å². The van der Waals surface area contributed by atoms with Crippen LogP contribution in [0.15, 0.2) is 42.6 Å². The van der Waals surface area contributed by atoms with Crippen LogP contribution in [0.25, 0.3) is 0 Å². The molecule has 0 bridgehead atoms. The lowest BCUT2D eigenvalue weighted by Crippen LogP contribution is -2.25. The molecule has 0 atom stereocenters. The molecule has 0 unspecified atom stereocenters. The highest BCUT2D eigenvalue weighted by Crippen LogP contribution is 2.30. The maximum atomic E-state index is 12.5. The number of para-hydroxylation sites is 2.